The molecular weight excluding hydrogens is 575 g/mol. The first-order valence-corrected chi connectivity index (χ1v) is 16.5. The van der Waals surface area contributed by atoms with E-state index in [0.717, 1.165) is 17.1 Å². The van der Waals surface area contributed by atoms with E-state index < -0.39 is 0 Å². The standard InChI is InChI=1S/C44H29NS/c1-4-12-30(13-5-1)34-26-35(31-14-6-2-7-15-31)28-38(27-34)45(36-16-8-3-9-17-36)37-24-22-32-20-21-33-23-25-40-39-18-10-11-19-42(39)46-44(40)43(33)41(32)29-37/h1-29H. The first-order valence-electron chi connectivity index (χ1n) is 15.7. The molecule has 0 atom stereocenters. The smallest absolute Gasteiger partial charge is 0.0473 e. The molecule has 46 heavy (non-hydrogen) atoms. The fraction of sp³-hybridized carbons (Fsp3) is 0. The minimum Gasteiger partial charge on any atom is -0.310 e. The summed E-state index contributed by atoms with van der Waals surface area (Å²) in [6.07, 6.45) is 0. The van der Waals surface area contributed by atoms with Gasteiger partial charge in [0.2, 0.25) is 0 Å². The predicted molar refractivity (Wildman–Crippen MR) is 200 cm³/mol. The molecule has 0 aliphatic heterocycles. The maximum atomic E-state index is 2.40. The normalized spacial score (nSPS) is 11.5. The summed E-state index contributed by atoms with van der Waals surface area (Å²) in [4.78, 5) is 2.40. The molecular formula is C44H29NS. The van der Waals surface area contributed by atoms with Gasteiger partial charge in [-0.2, -0.15) is 0 Å². The highest BCUT2D eigenvalue weighted by atomic mass is 32.1. The van der Waals surface area contributed by atoms with E-state index in [9.17, 15) is 0 Å². The van der Waals surface area contributed by atoms with Crippen LogP contribution in [0.25, 0.3) is 64.0 Å². The maximum absolute atomic E-state index is 2.40. The van der Waals surface area contributed by atoms with Gasteiger partial charge in [0.15, 0.2) is 0 Å². The van der Waals surface area contributed by atoms with E-state index >= 15 is 0 Å². The summed E-state index contributed by atoms with van der Waals surface area (Å²) in [6, 6.07) is 63.9. The van der Waals surface area contributed by atoms with Gasteiger partial charge < -0.3 is 4.90 Å². The monoisotopic (exact) mass is 603 g/mol. The Morgan fingerprint density at radius 2 is 0.935 bits per heavy atom. The van der Waals surface area contributed by atoms with E-state index in [1.165, 1.54) is 64.0 Å². The van der Waals surface area contributed by atoms with Crippen molar-refractivity contribution in [2.75, 3.05) is 4.90 Å². The molecule has 0 unspecified atom stereocenters. The van der Waals surface area contributed by atoms with Gasteiger partial charge in [0.25, 0.3) is 0 Å². The number of rotatable bonds is 5. The van der Waals surface area contributed by atoms with Crippen LogP contribution in [-0.2, 0) is 0 Å². The minimum atomic E-state index is 1.12. The predicted octanol–water partition coefficient (Wildman–Crippen LogP) is 13.2. The second kappa shape index (κ2) is 11.0. The average molecular weight is 604 g/mol. The molecule has 1 heterocycles. The van der Waals surface area contributed by atoms with Crippen LogP contribution in [0.2, 0.25) is 0 Å². The summed E-state index contributed by atoms with van der Waals surface area (Å²) in [5.41, 5.74) is 8.16. The van der Waals surface area contributed by atoms with E-state index in [4.69, 9.17) is 0 Å². The Kier molecular flexibility index (Phi) is 6.40. The quantitative estimate of drug-likeness (QED) is 0.177. The summed E-state index contributed by atoms with van der Waals surface area (Å²) in [6.45, 7) is 0. The molecule has 0 amide bonds. The van der Waals surface area contributed by atoms with E-state index in [1.807, 2.05) is 11.3 Å². The SMILES string of the molecule is c1ccc(-c2cc(-c3ccccc3)cc(N(c3ccccc3)c3ccc4ccc5ccc6c7ccccc7sc6c5c4c3)c2)cc1. The lowest BCUT2D eigenvalue weighted by molar-refractivity contribution is 1.29. The number of fused-ring (bicyclic) bond motifs is 7. The third-order valence-corrected chi connectivity index (χ3v) is 10.2. The maximum Gasteiger partial charge on any atom is 0.0473 e. The molecule has 0 fully saturated rings. The largest absolute Gasteiger partial charge is 0.310 e. The summed E-state index contributed by atoms with van der Waals surface area (Å²) in [5, 5.41) is 7.78. The zero-order valence-electron chi connectivity index (χ0n) is 25.1. The van der Waals surface area contributed by atoms with Crippen LogP contribution >= 0.6 is 11.3 Å². The summed E-state index contributed by atoms with van der Waals surface area (Å²) < 4.78 is 2.68. The molecule has 0 aliphatic carbocycles. The topological polar surface area (TPSA) is 3.24 Å². The lowest BCUT2D eigenvalue weighted by Crippen LogP contribution is -2.10. The van der Waals surface area contributed by atoms with Crippen molar-refractivity contribution < 1.29 is 0 Å². The first-order chi connectivity index (χ1) is 22.8. The number of hydrogen-bond acceptors (Lipinski definition) is 2. The third-order valence-electron chi connectivity index (χ3n) is 8.99. The summed E-state index contributed by atoms with van der Waals surface area (Å²) >= 11 is 1.90. The Balaban J connectivity index is 1.32. The molecule has 0 spiro atoms. The lowest BCUT2D eigenvalue weighted by atomic mass is 9.96. The van der Waals surface area contributed by atoms with Gasteiger partial charge >= 0.3 is 0 Å². The fourth-order valence-corrected chi connectivity index (χ4v) is 8.08. The molecule has 0 radical (unpaired) electrons. The Labute approximate surface area is 272 Å². The number of benzene rings is 8. The van der Waals surface area contributed by atoms with Crippen LogP contribution in [0, 0.1) is 0 Å². The van der Waals surface area contributed by atoms with Crippen LogP contribution in [0.15, 0.2) is 176 Å². The third kappa shape index (κ3) is 4.54. The van der Waals surface area contributed by atoms with Crippen molar-refractivity contribution in [2.45, 2.75) is 0 Å². The molecule has 9 aromatic rings. The number of thiophene rings is 1. The fourth-order valence-electron chi connectivity index (χ4n) is 6.80. The van der Waals surface area contributed by atoms with Crippen molar-refractivity contribution in [3.8, 4) is 22.3 Å². The zero-order chi connectivity index (χ0) is 30.5. The van der Waals surface area contributed by atoms with Crippen LogP contribution in [-0.4, -0.2) is 0 Å². The summed E-state index contributed by atoms with van der Waals surface area (Å²) in [5.74, 6) is 0. The van der Waals surface area contributed by atoms with Gasteiger partial charge in [-0.05, 0) is 86.9 Å². The van der Waals surface area contributed by atoms with Gasteiger partial charge in [0.1, 0.15) is 0 Å². The number of para-hydroxylation sites is 1. The van der Waals surface area contributed by atoms with Crippen molar-refractivity contribution >= 4 is 70.1 Å². The van der Waals surface area contributed by atoms with Gasteiger partial charge in [-0.3, -0.25) is 0 Å². The minimum absolute atomic E-state index is 1.12. The molecule has 1 nitrogen and oxygen atoms in total. The molecule has 2 heteroatoms. The summed E-state index contributed by atoms with van der Waals surface area (Å²) in [7, 11) is 0. The molecule has 0 saturated heterocycles. The average Bonchev–Trinajstić information content (AvgIpc) is 3.51. The first kappa shape index (κ1) is 26.7. The van der Waals surface area contributed by atoms with Crippen LogP contribution in [0.1, 0.15) is 0 Å². The molecule has 0 saturated carbocycles. The van der Waals surface area contributed by atoms with Crippen molar-refractivity contribution in [2.24, 2.45) is 0 Å². The Morgan fingerprint density at radius 3 is 1.65 bits per heavy atom. The lowest BCUT2D eigenvalue weighted by Gasteiger charge is -2.27. The van der Waals surface area contributed by atoms with Gasteiger partial charge in [-0.25, -0.2) is 0 Å². The number of hydrogen-bond donors (Lipinski definition) is 0. The Hall–Kier alpha value is -5.70. The second-order valence-corrected chi connectivity index (χ2v) is 12.8. The molecule has 8 aromatic carbocycles. The number of anilines is 3. The van der Waals surface area contributed by atoms with Gasteiger partial charge in [0, 0.05) is 42.6 Å². The van der Waals surface area contributed by atoms with Crippen molar-refractivity contribution in [1.82, 2.24) is 0 Å². The van der Waals surface area contributed by atoms with Crippen LogP contribution in [0.5, 0.6) is 0 Å². The van der Waals surface area contributed by atoms with Gasteiger partial charge in [-0.15, -0.1) is 11.3 Å². The van der Waals surface area contributed by atoms with Crippen molar-refractivity contribution in [1.29, 1.82) is 0 Å². The van der Waals surface area contributed by atoms with E-state index in [1.54, 1.807) is 0 Å². The van der Waals surface area contributed by atoms with Crippen molar-refractivity contribution in [3.05, 3.63) is 176 Å². The van der Waals surface area contributed by atoms with E-state index in [0.29, 0.717) is 0 Å². The van der Waals surface area contributed by atoms with Gasteiger partial charge in [0.05, 0.1) is 0 Å². The molecule has 0 aliphatic rings. The highest BCUT2D eigenvalue weighted by Crippen LogP contribution is 2.44. The van der Waals surface area contributed by atoms with Crippen LogP contribution < -0.4 is 4.90 Å². The van der Waals surface area contributed by atoms with Crippen molar-refractivity contribution in [3.63, 3.8) is 0 Å². The highest BCUT2D eigenvalue weighted by Gasteiger charge is 2.18. The highest BCUT2D eigenvalue weighted by molar-refractivity contribution is 7.26. The van der Waals surface area contributed by atoms with Gasteiger partial charge in [-0.1, -0.05) is 127 Å². The van der Waals surface area contributed by atoms with Crippen LogP contribution in [0.4, 0.5) is 17.1 Å². The van der Waals surface area contributed by atoms with E-state index in [-0.39, 0.29) is 0 Å². The number of nitrogens with zero attached hydrogens (tertiary/aromatic N) is 1. The molecule has 0 N–H and O–H groups in total. The second-order valence-electron chi connectivity index (χ2n) is 11.8. The van der Waals surface area contributed by atoms with Crippen LogP contribution in [0.3, 0.4) is 0 Å². The molecule has 9 rings (SSSR count). The molecule has 0 bridgehead atoms. The Morgan fingerprint density at radius 1 is 0.348 bits per heavy atom. The molecule has 216 valence electrons. The van der Waals surface area contributed by atoms with E-state index in [2.05, 4.69) is 181 Å². The Bertz CT molecular complexity index is 2460. The zero-order valence-corrected chi connectivity index (χ0v) is 25.9. The molecule has 1 aromatic heterocycles.